The summed E-state index contributed by atoms with van der Waals surface area (Å²) in [4.78, 5) is 24.0. The van der Waals surface area contributed by atoms with Gasteiger partial charge in [-0.2, -0.15) is 0 Å². The fourth-order valence-corrected chi connectivity index (χ4v) is 4.17. The second kappa shape index (κ2) is 8.15. The Bertz CT molecular complexity index is 945. The van der Waals surface area contributed by atoms with E-state index in [2.05, 4.69) is 10.0 Å². The van der Waals surface area contributed by atoms with Crippen LogP contribution in [0.5, 0.6) is 0 Å². The largest absolute Gasteiger partial charge is 0.438 e. The molecule has 0 atom stereocenters. The first-order chi connectivity index (χ1) is 12.5. The van der Waals surface area contributed by atoms with Crippen LogP contribution in [0.2, 0.25) is 0 Å². The van der Waals surface area contributed by atoms with Crippen LogP contribution in [0.25, 0.3) is 0 Å². The number of nitrogens with two attached hydrogens (primary N) is 1. The smallest absolute Gasteiger partial charge is 0.291 e. The molecule has 0 saturated heterocycles. The van der Waals surface area contributed by atoms with Gasteiger partial charge in [-0.25, -0.2) is 13.1 Å². The molecule has 4 N–H and O–H groups in total. The van der Waals surface area contributed by atoms with Crippen molar-refractivity contribution in [2.75, 3.05) is 11.1 Å². The molecule has 0 radical (unpaired) electrons. The van der Waals surface area contributed by atoms with Crippen LogP contribution in [-0.4, -0.2) is 31.5 Å². The Labute approximate surface area is 161 Å². The minimum Gasteiger partial charge on any atom is -0.438 e. The van der Waals surface area contributed by atoms with Crippen molar-refractivity contribution < 1.29 is 22.4 Å². The Morgan fingerprint density at radius 1 is 1.15 bits per heavy atom. The monoisotopic (exact) mass is 411 g/mol. The zero-order chi connectivity index (χ0) is 20.2. The summed E-state index contributed by atoms with van der Waals surface area (Å²) >= 11 is 1.18. The maximum absolute atomic E-state index is 12.4. The highest BCUT2D eigenvalue weighted by Crippen LogP contribution is 2.27. The summed E-state index contributed by atoms with van der Waals surface area (Å²) in [5.74, 6) is -1.18. The number of hydrogen-bond donors (Lipinski definition) is 3. The first-order valence-corrected chi connectivity index (χ1v) is 10.4. The van der Waals surface area contributed by atoms with Crippen molar-refractivity contribution in [1.29, 1.82) is 0 Å². The van der Waals surface area contributed by atoms with Crippen molar-refractivity contribution in [3.05, 3.63) is 42.2 Å². The van der Waals surface area contributed by atoms with Gasteiger partial charge in [0.2, 0.25) is 11.0 Å². The van der Waals surface area contributed by atoms with E-state index in [4.69, 9.17) is 10.2 Å². The quantitative estimate of drug-likeness (QED) is 0.599. The maximum atomic E-state index is 12.4. The van der Waals surface area contributed by atoms with Gasteiger partial charge in [-0.1, -0.05) is 12.1 Å². The van der Waals surface area contributed by atoms with Crippen molar-refractivity contribution >= 4 is 39.3 Å². The van der Waals surface area contributed by atoms with Gasteiger partial charge in [-0.05, 0) is 45.0 Å². The molecule has 0 aliphatic carbocycles. The van der Waals surface area contributed by atoms with E-state index >= 15 is 0 Å². The molecule has 0 bridgehead atoms. The van der Waals surface area contributed by atoms with Crippen LogP contribution in [0.4, 0.5) is 5.69 Å². The lowest BCUT2D eigenvalue weighted by Crippen LogP contribution is -2.40. The number of primary amides is 1. The second-order valence-electron chi connectivity index (χ2n) is 6.68. The molecule has 1 heterocycles. The van der Waals surface area contributed by atoms with Gasteiger partial charge in [0.05, 0.1) is 11.4 Å². The topological polar surface area (TPSA) is 132 Å². The first kappa shape index (κ1) is 21.0. The van der Waals surface area contributed by atoms with E-state index in [0.29, 0.717) is 10.6 Å². The number of hydrogen-bond acceptors (Lipinski definition) is 6. The van der Waals surface area contributed by atoms with Crippen LogP contribution in [0, 0.1) is 0 Å². The average molecular weight is 412 g/mol. The Morgan fingerprint density at radius 2 is 1.81 bits per heavy atom. The molecule has 0 aliphatic heterocycles. The third-order valence-corrected chi connectivity index (χ3v) is 5.74. The molecule has 8 nitrogen and oxygen atoms in total. The number of rotatable bonds is 7. The number of thioether (sulfide) groups is 1. The molecule has 0 aliphatic rings. The summed E-state index contributed by atoms with van der Waals surface area (Å²) in [6, 6.07) is 9.36. The highest BCUT2D eigenvalue weighted by atomic mass is 32.2. The van der Waals surface area contributed by atoms with E-state index < -0.39 is 27.4 Å². The number of amides is 2. The predicted molar refractivity (Wildman–Crippen MR) is 103 cm³/mol. The van der Waals surface area contributed by atoms with Crippen molar-refractivity contribution in [2.24, 2.45) is 5.73 Å². The number of benzene rings is 1. The van der Waals surface area contributed by atoms with Crippen molar-refractivity contribution in [3.63, 3.8) is 0 Å². The van der Waals surface area contributed by atoms with E-state index in [1.165, 1.54) is 23.9 Å². The Hall–Kier alpha value is -2.30. The summed E-state index contributed by atoms with van der Waals surface area (Å²) in [5.41, 5.74) is 4.92. The highest BCUT2D eigenvalue weighted by Gasteiger charge is 2.26. The van der Waals surface area contributed by atoms with Crippen LogP contribution in [-0.2, 0) is 14.8 Å². The van der Waals surface area contributed by atoms with E-state index in [0.717, 1.165) is 0 Å². The number of anilines is 1. The number of sulfonamides is 1. The minimum atomic E-state index is -3.88. The molecule has 2 amide bonds. The zero-order valence-corrected chi connectivity index (χ0v) is 16.7. The number of carbonyl (C=O) groups is 2. The lowest BCUT2D eigenvalue weighted by Gasteiger charge is -2.18. The summed E-state index contributed by atoms with van der Waals surface area (Å²) in [7, 11) is -3.88. The first-order valence-electron chi connectivity index (χ1n) is 7.93. The lowest BCUT2D eigenvalue weighted by atomic mass is 10.1. The molecular weight excluding hydrogens is 390 g/mol. The average Bonchev–Trinajstić information content (AvgIpc) is 3.02. The van der Waals surface area contributed by atoms with Crippen LogP contribution in [0.15, 0.2) is 50.8 Å². The van der Waals surface area contributed by atoms with Crippen molar-refractivity contribution in [3.8, 4) is 0 Å². The summed E-state index contributed by atoms with van der Waals surface area (Å²) in [6.45, 7) is 5.09. The highest BCUT2D eigenvalue weighted by molar-refractivity contribution is 8.00. The van der Waals surface area contributed by atoms with Crippen molar-refractivity contribution in [2.45, 2.75) is 36.3 Å². The molecule has 0 spiro atoms. The minimum absolute atomic E-state index is 0.0640. The lowest BCUT2D eigenvalue weighted by molar-refractivity contribution is -0.115. The van der Waals surface area contributed by atoms with Gasteiger partial charge in [-0.15, -0.1) is 11.8 Å². The summed E-state index contributed by atoms with van der Waals surface area (Å²) < 4.78 is 32.2. The van der Waals surface area contributed by atoms with Gasteiger partial charge in [0.1, 0.15) is 0 Å². The van der Waals surface area contributed by atoms with Crippen molar-refractivity contribution in [1.82, 2.24) is 4.72 Å². The fraction of sp³-hybridized carbons (Fsp3) is 0.294. The van der Waals surface area contributed by atoms with Gasteiger partial charge < -0.3 is 15.5 Å². The van der Waals surface area contributed by atoms with Gasteiger partial charge in [0, 0.05) is 10.4 Å². The molecule has 0 saturated carbocycles. The number of nitrogens with one attached hydrogen (secondary N) is 2. The van der Waals surface area contributed by atoms with Crippen LogP contribution in [0.1, 0.15) is 31.3 Å². The Morgan fingerprint density at radius 3 is 2.44 bits per heavy atom. The van der Waals surface area contributed by atoms with Gasteiger partial charge in [0.15, 0.2) is 5.76 Å². The zero-order valence-electron chi connectivity index (χ0n) is 15.1. The third kappa shape index (κ3) is 6.12. The van der Waals surface area contributed by atoms with Gasteiger partial charge >= 0.3 is 0 Å². The van der Waals surface area contributed by atoms with E-state index in [-0.39, 0.29) is 16.6 Å². The van der Waals surface area contributed by atoms with Crippen LogP contribution < -0.4 is 15.8 Å². The number of furan rings is 1. The number of para-hydroxylation sites is 1. The second-order valence-corrected chi connectivity index (χ2v) is 9.31. The van der Waals surface area contributed by atoms with Crippen LogP contribution >= 0.6 is 11.8 Å². The Balaban J connectivity index is 2.17. The molecule has 2 aromatic rings. The molecule has 0 fully saturated rings. The normalized spacial score (nSPS) is 12.0. The Kier molecular flexibility index (Phi) is 6.34. The van der Waals surface area contributed by atoms with Gasteiger partial charge in [0.25, 0.3) is 15.9 Å². The molecule has 2 rings (SSSR count). The van der Waals surface area contributed by atoms with Gasteiger partial charge in [-0.3, -0.25) is 9.59 Å². The fourth-order valence-electron chi connectivity index (χ4n) is 2.07. The maximum Gasteiger partial charge on any atom is 0.291 e. The van der Waals surface area contributed by atoms with Crippen LogP contribution in [0.3, 0.4) is 0 Å². The SMILES string of the molecule is CC(C)(C)NS(=O)(=O)c1ccc(C(=O)Nc2ccccc2SCC(N)=O)o1. The predicted octanol–water partition coefficient (Wildman–Crippen LogP) is 2.19. The van der Waals surface area contributed by atoms with E-state index in [1.807, 2.05) is 0 Å². The molecular formula is C17H21N3O5S2. The van der Waals surface area contributed by atoms with E-state index in [9.17, 15) is 18.0 Å². The molecule has 0 unspecified atom stereocenters. The summed E-state index contributed by atoms with van der Waals surface area (Å²) in [5, 5.41) is 2.29. The van der Waals surface area contributed by atoms with E-state index in [1.54, 1.807) is 45.0 Å². The standard InChI is InChI=1S/C17H21N3O5S2/c1-17(2,3)20-27(23,24)15-9-8-12(25-15)16(22)19-11-6-4-5-7-13(11)26-10-14(18)21/h4-9,20H,10H2,1-3H3,(H2,18,21)(H,19,22). The molecule has 146 valence electrons. The molecule has 1 aromatic carbocycles. The molecule has 1 aromatic heterocycles. The number of carbonyl (C=O) groups excluding carboxylic acids is 2. The summed E-state index contributed by atoms with van der Waals surface area (Å²) in [6.07, 6.45) is 0. The molecule has 10 heteroatoms. The third-order valence-electron chi connectivity index (χ3n) is 3.02. The molecule has 27 heavy (non-hydrogen) atoms.